The number of ether oxygens (including phenoxy) is 1. The molecule has 0 spiro atoms. The molecule has 0 amide bonds. The SMILES string of the molecule is CCCC1CCC(CO)(NCCOC)CC1. The molecule has 0 bridgehead atoms. The molecule has 3 nitrogen and oxygen atoms in total. The molecule has 0 radical (unpaired) electrons. The van der Waals surface area contributed by atoms with E-state index in [-0.39, 0.29) is 12.1 Å². The highest BCUT2D eigenvalue weighted by molar-refractivity contribution is 4.92. The molecule has 1 rings (SSSR count). The first-order valence-corrected chi connectivity index (χ1v) is 6.61. The van der Waals surface area contributed by atoms with Gasteiger partial charge in [-0.05, 0) is 31.6 Å². The summed E-state index contributed by atoms with van der Waals surface area (Å²) in [7, 11) is 1.71. The average Bonchev–Trinajstić information content (AvgIpc) is 2.32. The molecular formula is C13H27NO2. The molecule has 1 aliphatic carbocycles. The molecule has 0 heterocycles. The third kappa shape index (κ3) is 4.04. The van der Waals surface area contributed by atoms with Crippen LogP contribution in [0.3, 0.4) is 0 Å². The van der Waals surface area contributed by atoms with Crippen molar-refractivity contribution < 1.29 is 9.84 Å². The molecule has 1 aliphatic rings. The number of hydrogen-bond acceptors (Lipinski definition) is 3. The molecule has 2 N–H and O–H groups in total. The summed E-state index contributed by atoms with van der Waals surface area (Å²) in [4.78, 5) is 0. The summed E-state index contributed by atoms with van der Waals surface area (Å²) >= 11 is 0. The fourth-order valence-electron chi connectivity index (χ4n) is 2.74. The lowest BCUT2D eigenvalue weighted by molar-refractivity contribution is 0.0899. The Morgan fingerprint density at radius 1 is 1.38 bits per heavy atom. The topological polar surface area (TPSA) is 41.5 Å². The number of aliphatic hydroxyl groups excluding tert-OH is 1. The van der Waals surface area contributed by atoms with Crippen molar-refractivity contribution in [2.75, 3.05) is 26.9 Å². The van der Waals surface area contributed by atoms with E-state index >= 15 is 0 Å². The molecule has 0 unspecified atom stereocenters. The van der Waals surface area contributed by atoms with Crippen LogP contribution in [0.25, 0.3) is 0 Å². The van der Waals surface area contributed by atoms with Gasteiger partial charge in [0.25, 0.3) is 0 Å². The highest BCUT2D eigenvalue weighted by atomic mass is 16.5. The van der Waals surface area contributed by atoms with Crippen LogP contribution in [0, 0.1) is 5.92 Å². The van der Waals surface area contributed by atoms with Crippen molar-refractivity contribution in [1.82, 2.24) is 5.32 Å². The van der Waals surface area contributed by atoms with Gasteiger partial charge in [0, 0.05) is 19.2 Å². The zero-order valence-electron chi connectivity index (χ0n) is 10.8. The molecule has 0 aliphatic heterocycles. The normalized spacial score (nSPS) is 30.6. The van der Waals surface area contributed by atoms with Gasteiger partial charge in [-0.3, -0.25) is 0 Å². The minimum atomic E-state index is -0.0250. The lowest BCUT2D eigenvalue weighted by atomic mass is 9.75. The van der Waals surface area contributed by atoms with E-state index in [1.54, 1.807) is 7.11 Å². The van der Waals surface area contributed by atoms with Gasteiger partial charge in [-0.1, -0.05) is 19.8 Å². The quantitative estimate of drug-likeness (QED) is 0.656. The number of rotatable bonds is 7. The summed E-state index contributed by atoms with van der Waals surface area (Å²) in [5, 5.41) is 13.0. The van der Waals surface area contributed by atoms with Crippen molar-refractivity contribution in [1.29, 1.82) is 0 Å². The van der Waals surface area contributed by atoms with Crippen LogP contribution >= 0.6 is 0 Å². The van der Waals surface area contributed by atoms with E-state index in [4.69, 9.17) is 4.74 Å². The summed E-state index contributed by atoms with van der Waals surface area (Å²) in [6, 6.07) is 0. The summed E-state index contributed by atoms with van der Waals surface area (Å²) in [5.41, 5.74) is -0.0250. The maximum absolute atomic E-state index is 9.55. The molecule has 0 aromatic rings. The van der Waals surface area contributed by atoms with E-state index in [0.29, 0.717) is 0 Å². The minimum absolute atomic E-state index is 0.0250. The van der Waals surface area contributed by atoms with Gasteiger partial charge >= 0.3 is 0 Å². The van der Waals surface area contributed by atoms with E-state index in [2.05, 4.69) is 12.2 Å². The summed E-state index contributed by atoms with van der Waals surface area (Å²) in [6.07, 6.45) is 7.37. The van der Waals surface area contributed by atoms with Crippen LogP contribution in [0.2, 0.25) is 0 Å². The zero-order valence-corrected chi connectivity index (χ0v) is 10.8. The van der Waals surface area contributed by atoms with E-state index < -0.39 is 0 Å². The molecule has 96 valence electrons. The monoisotopic (exact) mass is 229 g/mol. The van der Waals surface area contributed by atoms with Gasteiger partial charge < -0.3 is 15.2 Å². The third-order valence-corrected chi connectivity index (χ3v) is 3.87. The highest BCUT2D eigenvalue weighted by Crippen LogP contribution is 2.34. The van der Waals surface area contributed by atoms with Crippen molar-refractivity contribution >= 4 is 0 Å². The van der Waals surface area contributed by atoms with Crippen LogP contribution in [0.1, 0.15) is 45.4 Å². The Morgan fingerprint density at radius 3 is 2.56 bits per heavy atom. The van der Waals surface area contributed by atoms with E-state index in [0.717, 1.165) is 31.9 Å². The Morgan fingerprint density at radius 2 is 2.06 bits per heavy atom. The molecule has 3 heteroatoms. The second-order valence-corrected chi connectivity index (χ2v) is 5.09. The van der Waals surface area contributed by atoms with E-state index in [9.17, 15) is 5.11 Å². The maximum Gasteiger partial charge on any atom is 0.0613 e. The van der Waals surface area contributed by atoms with Gasteiger partial charge in [-0.25, -0.2) is 0 Å². The average molecular weight is 229 g/mol. The predicted molar refractivity (Wildman–Crippen MR) is 66.6 cm³/mol. The lowest BCUT2D eigenvalue weighted by Crippen LogP contribution is -2.51. The summed E-state index contributed by atoms with van der Waals surface area (Å²) in [5.74, 6) is 0.883. The number of aliphatic hydroxyl groups is 1. The Kier molecular flexibility index (Phi) is 6.32. The van der Waals surface area contributed by atoms with Gasteiger partial charge in [0.2, 0.25) is 0 Å². The smallest absolute Gasteiger partial charge is 0.0613 e. The number of nitrogens with one attached hydrogen (secondary N) is 1. The molecule has 0 aromatic heterocycles. The molecule has 16 heavy (non-hydrogen) atoms. The Balaban J connectivity index is 2.32. The van der Waals surface area contributed by atoms with E-state index in [1.165, 1.54) is 25.7 Å². The van der Waals surface area contributed by atoms with Crippen molar-refractivity contribution in [2.45, 2.75) is 51.0 Å². The van der Waals surface area contributed by atoms with Crippen LogP contribution in [0.5, 0.6) is 0 Å². The van der Waals surface area contributed by atoms with Crippen LogP contribution in [0.4, 0.5) is 0 Å². The summed E-state index contributed by atoms with van der Waals surface area (Å²) in [6.45, 7) is 4.08. The van der Waals surface area contributed by atoms with Gasteiger partial charge in [0.1, 0.15) is 0 Å². The fraction of sp³-hybridized carbons (Fsp3) is 1.00. The molecule has 0 saturated heterocycles. The largest absolute Gasteiger partial charge is 0.394 e. The van der Waals surface area contributed by atoms with Gasteiger partial charge in [-0.15, -0.1) is 0 Å². The van der Waals surface area contributed by atoms with Crippen molar-refractivity contribution in [3.63, 3.8) is 0 Å². The van der Waals surface area contributed by atoms with Gasteiger partial charge in [0.15, 0.2) is 0 Å². The van der Waals surface area contributed by atoms with Gasteiger partial charge in [0.05, 0.1) is 13.2 Å². The Bertz CT molecular complexity index is 177. The van der Waals surface area contributed by atoms with Crippen molar-refractivity contribution in [3.05, 3.63) is 0 Å². The Hall–Kier alpha value is -0.120. The van der Waals surface area contributed by atoms with Crippen molar-refractivity contribution in [2.24, 2.45) is 5.92 Å². The second-order valence-electron chi connectivity index (χ2n) is 5.09. The van der Waals surface area contributed by atoms with Crippen LogP contribution in [0.15, 0.2) is 0 Å². The van der Waals surface area contributed by atoms with Crippen molar-refractivity contribution in [3.8, 4) is 0 Å². The molecular weight excluding hydrogens is 202 g/mol. The van der Waals surface area contributed by atoms with Gasteiger partial charge in [-0.2, -0.15) is 0 Å². The molecule has 0 atom stereocenters. The molecule has 1 fully saturated rings. The summed E-state index contributed by atoms with van der Waals surface area (Å²) < 4.78 is 5.04. The van der Waals surface area contributed by atoms with Crippen LogP contribution < -0.4 is 5.32 Å². The first-order chi connectivity index (χ1) is 7.76. The maximum atomic E-state index is 9.55. The first kappa shape index (κ1) is 13.9. The lowest BCUT2D eigenvalue weighted by Gasteiger charge is -2.39. The number of hydrogen-bond donors (Lipinski definition) is 2. The zero-order chi connectivity index (χ0) is 11.9. The minimum Gasteiger partial charge on any atom is -0.394 e. The third-order valence-electron chi connectivity index (χ3n) is 3.87. The predicted octanol–water partition coefficient (Wildman–Crippen LogP) is 1.94. The standard InChI is InChI=1S/C13H27NO2/c1-3-4-12-5-7-13(11-15,8-6-12)14-9-10-16-2/h12,14-15H,3-11H2,1-2H3. The molecule has 0 aromatic carbocycles. The second kappa shape index (κ2) is 7.25. The number of methoxy groups -OCH3 is 1. The first-order valence-electron chi connectivity index (χ1n) is 6.61. The molecule has 1 saturated carbocycles. The highest BCUT2D eigenvalue weighted by Gasteiger charge is 2.33. The Labute approximate surface area is 99.6 Å². The van der Waals surface area contributed by atoms with Crippen LogP contribution in [-0.2, 0) is 4.74 Å². The fourth-order valence-corrected chi connectivity index (χ4v) is 2.74. The van der Waals surface area contributed by atoms with Crippen LogP contribution in [-0.4, -0.2) is 37.5 Å². The van der Waals surface area contributed by atoms with E-state index in [1.807, 2.05) is 0 Å².